The predicted octanol–water partition coefficient (Wildman–Crippen LogP) is 2.25. The Hall–Kier alpha value is -0.710. The molecule has 2 aliphatic rings. The zero-order valence-corrected chi connectivity index (χ0v) is 12.3. The van der Waals surface area contributed by atoms with Crippen molar-refractivity contribution in [3.8, 4) is 0 Å². The number of carbonyl (C=O) groups excluding carboxylic acids is 1. The highest BCUT2D eigenvalue weighted by Gasteiger charge is 2.35. The largest absolute Gasteiger partial charge is 0.321 e. The number of hydrogen-bond donors (Lipinski definition) is 0. The summed E-state index contributed by atoms with van der Waals surface area (Å²) in [6.45, 7) is 8.67. The molecule has 0 amide bonds. The van der Waals surface area contributed by atoms with Crippen LogP contribution in [0.2, 0.25) is 0 Å². The molecule has 0 radical (unpaired) electrons. The molecule has 1 aromatic heterocycles. The van der Waals surface area contributed by atoms with Crippen molar-refractivity contribution in [2.75, 3.05) is 45.8 Å². The minimum atomic E-state index is 0.303. The zero-order valence-electron chi connectivity index (χ0n) is 11.5. The standard InChI is InChI=1S/C15H23N2OS/c18-15(14-4-12-19-13-14)3-5-16-6-10-17(11-7-16)8-1-2-9-17/h4,12-13H,1-3,5-11H2/q+1. The Kier molecular flexibility index (Phi) is 4.01. The molecule has 4 heteroatoms. The van der Waals surface area contributed by atoms with Crippen molar-refractivity contribution in [3.63, 3.8) is 0 Å². The van der Waals surface area contributed by atoms with E-state index in [1.165, 1.54) is 56.6 Å². The Balaban J connectivity index is 1.44. The molecule has 0 aliphatic carbocycles. The van der Waals surface area contributed by atoms with Crippen molar-refractivity contribution in [1.82, 2.24) is 4.90 Å². The fourth-order valence-corrected chi connectivity index (χ4v) is 4.10. The average molecular weight is 279 g/mol. The van der Waals surface area contributed by atoms with E-state index in [4.69, 9.17) is 0 Å². The van der Waals surface area contributed by atoms with Crippen LogP contribution < -0.4 is 0 Å². The lowest BCUT2D eigenvalue weighted by molar-refractivity contribution is -0.920. The Morgan fingerprint density at radius 3 is 2.58 bits per heavy atom. The second-order valence-electron chi connectivity index (χ2n) is 5.97. The fourth-order valence-electron chi connectivity index (χ4n) is 3.43. The number of quaternary nitrogens is 1. The first-order valence-electron chi connectivity index (χ1n) is 7.40. The van der Waals surface area contributed by atoms with E-state index in [2.05, 4.69) is 4.90 Å². The van der Waals surface area contributed by atoms with Gasteiger partial charge in [-0.1, -0.05) is 0 Å². The van der Waals surface area contributed by atoms with Crippen LogP contribution in [0.15, 0.2) is 16.8 Å². The molecular formula is C15H23N2OS+. The van der Waals surface area contributed by atoms with Crippen molar-refractivity contribution in [3.05, 3.63) is 22.4 Å². The number of hydrogen-bond acceptors (Lipinski definition) is 3. The van der Waals surface area contributed by atoms with Crippen molar-refractivity contribution in [1.29, 1.82) is 0 Å². The molecule has 0 saturated carbocycles. The lowest BCUT2D eigenvalue weighted by Crippen LogP contribution is -2.58. The average Bonchev–Trinajstić information content (AvgIpc) is 3.09. The summed E-state index contributed by atoms with van der Waals surface area (Å²) in [7, 11) is 0. The molecule has 19 heavy (non-hydrogen) atoms. The van der Waals surface area contributed by atoms with E-state index >= 15 is 0 Å². The third-order valence-electron chi connectivity index (χ3n) is 4.79. The molecule has 2 fully saturated rings. The van der Waals surface area contributed by atoms with Crippen LogP contribution in [0.1, 0.15) is 29.6 Å². The number of nitrogens with zero attached hydrogens (tertiary/aromatic N) is 2. The van der Waals surface area contributed by atoms with Gasteiger partial charge >= 0.3 is 0 Å². The van der Waals surface area contributed by atoms with Gasteiger partial charge in [0.05, 0.1) is 26.2 Å². The predicted molar refractivity (Wildman–Crippen MR) is 78.7 cm³/mol. The maximum atomic E-state index is 12.0. The van der Waals surface area contributed by atoms with E-state index in [-0.39, 0.29) is 0 Å². The SMILES string of the molecule is O=C(CCN1CC[N+]2(CCCC2)CC1)c1ccsc1. The Labute approximate surface area is 119 Å². The highest BCUT2D eigenvalue weighted by molar-refractivity contribution is 7.08. The monoisotopic (exact) mass is 279 g/mol. The fraction of sp³-hybridized carbons (Fsp3) is 0.667. The van der Waals surface area contributed by atoms with Crippen LogP contribution >= 0.6 is 11.3 Å². The van der Waals surface area contributed by atoms with Gasteiger partial charge in [-0.15, -0.1) is 0 Å². The van der Waals surface area contributed by atoms with Crippen LogP contribution in [0, 0.1) is 0 Å². The normalized spacial score (nSPS) is 22.9. The minimum Gasteiger partial charge on any atom is -0.321 e. The summed E-state index contributed by atoms with van der Waals surface area (Å²) in [5.41, 5.74) is 0.894. The van der Waals surface area contributed by atoms with E-state index in [9.17, 15) is 4.79 Å². The second kappa shape index (κ2) is 5.73. The van der Waals surface area contributed by atoms with Crippen LogP contribution in [0.25, 0.3) is 0 Å². The van der Waals surface area contributed by atoms with Gasteiger partial charge in [0.1, 0.15) is 0 Å². The van der Waals surface area contributed by atoms with E-state index in [0.29, 0.717) is 12.2 Å². The lowest BCUT2D eigenvalue weighted by Gasteiger charge is -2.42. The summed E-state index contributed by atoms with van der Waals surface area (Å²) in [5.74, 6) is 0.303. The van der Waals surface area contributed by atoms with Gasteiger partial charge < -0.3 is 4.48 Å². The molecule has 2 saturated heterocycles. The molecule has 0 aromatic carbocycles. The highest BCUT2D eigenvalue weighted by atomic mass is 32.1. The summed E-state index contributed by atoms with van der Waals surface area (Å²) >= 11 is 1.61. The second-order valence-corrected chi connectivity index (χ2v) is 6.75. The maximum absolute atomic E-state index is 12.0. The summed E-state index contributed by atoms with van der Waals surface area (Å²) in [5, 5.41) is 3.94. The molecule has 0 unspecified atom stereocenters. The topological polar surface area (TPSA) is 20.3 Å². The molecule has 3 rings (SSSR count). The van der Waals surface area contributed by atoms with Gasteiger partial charge in [0.15, 0.2) is 5.78 Å². The van der Waals surface area contributed by atoms with Gasteiger partial charge in [0.2, 0.25) is 0 Å². The molecule has 1 spiro atoms. The number of piperazine rings is 1. The molecular weight excluding hydrogens is 256 g/mol. The summed E-state index contributed by atoms with van der Waals surface area (Å²) in [6.07, 6.45) is 3.50. The summed E-state index contributed by atoms with van der Waals surface area (Å²) in [4.78, 5) is 14.5. The molecule has 0 N–H and O–H groups in total. The van der Waals surface area contributed by atoms with Crippen LogP contribution in [-0.2, 0) is 0 Å². The molecule has 2 aliphatic heterocycles. The molecule has 0 atom stereocenters. The van der Waals surface area contributed by atoms with Gasteiger partial charge in [-0.05, 0) is 11.4 Å². The van der Waals surface area contributed by atoms with Gasteiger partial charge in [-0.2, -0.15) is 11.3 Å². The highest BCUT2D eigenvalue weighted by Crippen LogP contribution is 2.22. The van der Waals surface area contributed by atoms with Crippen molar-refractivity contribution in [2.24, 2.45) is 0 Å². The molecule has 3 nitrogen and oxygen atoms in total. The number of thiophene rings is 1. The van der Waals surface area contributed by atoms with Gasteiger partial charge in [0, 0.05) is 49.8 Å². The maximum Gasteiger partial charge on any atom is 0.164 e. The molecule has 104 valence electrons. The smallest absolute Gasteiger partial charge is 0.164 e. The molecule has 1 aromatic rings. The number of carbonyl (C=O) groups is 1. The number of Topliss-reactive ketones (excluding diaryl/α,β-unsaturated/α-hetero) is 1. The first-order chi connectivity index (χ1) is 9.27. The molecule has 0 bridgehead atoms. The summed E-state index contributed by atoms with van der Waals surface area (Å²) < 4.78 is 1.36. The first-order valence-corrected chi connectivity index (χ1v) is 8.35. The third kappa shape index (κ3) is 3.07. The Morgan fingerprint density at radius 2 is 1.95 bits per heavy atom. The zero-order chi connectivity index (χ0) is 13.1. The molecule has 3 heterocycles. The number of rotatable bonds is 4. The van der Waals surface area contributed by atoms with E-state index in [1.54, 1.807) is 11.3 Å². The van der Waals surface area contributed by atoms with E-state index in [0.717, 1.165) is 12.1 Å². The summed E-state index contributed by atoms with van der Waals surface area (Å²) in [6, 6.07) is 1.94. The van der Waals surface area contributed by atoms with Crippen molar-refractivity contribution < 1.29 is 9.28 Å². The quantitative estimate of drug-likeness (QED) is 0.622. The van der Waals surface area contributed by atoms with Gasteiger partial charge in [0.25, 0.3) is 0 Å². The number of ketones is 1. The Morgan fingerprint density at radius 1 is 1.21 bits per heavy atom. The van der Waals surface area contributed by atoms with Crippen molar-refractivity contribution in [2.45, 2.75) is 19.3 Å². The van der Waals surface area contributed by atoms with Crippen LogP contribution in [0.4, 0.5) is 0 Å². The van der Waals surface area contributed by atoms with E-state index < -0.39 is 0 Å². The van der Waals surface area contributed by atoms with Crippen LogP contribution in [-0.4, -0.2) is 61.0 Å². The third-order valence-corrected chi connectivity index (χ3v) is 5.48. The van der Waals surface area contributed by atoms with Gasteiger partial charge in [-0.3, -0.25) is 9.69 Å². The van der Waals surface area contributed by atoms with Gasteiger partial charge in [-0.25, -0.2) is 0 Å². The Bertz CT molecular complexity index is 413. The lowest BCUT2D eigenvalue weighted by atomic mass is 10.1. The van der Waals surface area contributed by atoms with Crippen molar-refractivity contribution >= 4 is 17.1 Å². The first kappa shape index (κ1) is 13.3. The van der Waals surface area contributed by atoms with Crippen LogP contribution in [0.5, 0.6) is 0 Å². The minimum absolute atomic E-state index is 0.303. The van der Waals surface area contributed by atoms with Crippen LogP contribution in [0.3, 0.4) is 0 Å². The van der Waals surface area contributed by atoms with E-state index in [1.807, 2.05) is 16.8 Å².